The average Bonchev–Trinajstić information content (AvgIpc) is 3.28. The first-order valence-corrected chi connectivity index (χ1v) is 28.1. The maximum Gasteiger partial charge on any atom is 0.305 e. The average molecular weight is 889 g/mol. The van der Waals surface area contributed by atoms with E-state index in [-0.39, 0.29) is 18.5 Å². The van der Waals surface area contributed by atoms with Crippen LogP contribution in [0.3, 0.4) is 0 Å². The van der Waals surface area contributed by atoms with Crippen molar-refractivity contribution in [1.82, 2.24) is 5.32 Å². The van der Waals surface area contributed by atoms with Crippen molar-refractivity contribution in [3.63, 3.8) is 0 Å². The molecule has 0 aromatic carbocycles. The molecule has 2 atom stereocenters. The minimum absolute atomic E-state index is 0.0212. The molecule has 6 heteroatoms. The van der Waals surface area contributed by atoms with Gasteiger partial charge >= 0.3 is 5.97 Å². The van der Waals surface area contributed by atoms with Gasteiger partial charge < -0.3 is 20.3 Å². The number of nitrogens with one attached hydrogen (secondary N) is 1. The van der Waals surface area contributed by atoms with E-state index in [1.165, 1.54) is 199 Å². The molecule has 1 amide bonds. The summed E-state index contributed by atoms with van der Waals surface area (Å²) < 4.78 is 5.45. The largest absolute Gasteiger partial charge is 0.466 e. The monoisotopic (exact) mass is 888 g/mol. The smallest absolute Gasteiger partial charge is 0.305 e. The van der Waals surface area contributed by atoms with Gasteiger partial charge in [-0.05, 0) is 64.2 Å². The van der Waals surface area contributed by atoms with Crippen molar-refractivity contribution < 1.29 is 24.5 Å². The first-order valence-electron chi connectivity index (χ1n) is 28.1. The number of carbonyl (C=O) groups is 2. The van der Waals surface area contributed by atoms with Crippen molar-refractivity contribution in [1.29, 1.82) is 0 Å². The molecule has 0 heterocycles. The molecule has 0 bridgehead atoms. The summed E-state index contributed by atoms with van der Waals surface area (Å²) in [5, 5.41) is 23.1. The van der Waals surface area contributed by atoms with E-state index in [4.69, 9.17) is 4.74 Å². The molecule has 0 fully saturated rings. The van der Waals surface area contributed by atoms with Gasteiger partial charge in [0.15, 0.2) is 0 Å². The van der Waals surface area contributed by atoms with Crippen LogP contribution in [0.25, 0.3) is 0 Å². The third kappa shape index (κ3) is 49.6. The topological polar surface area (TPSA) is 95.9 Å². The van der Waals surface area contributed by atoms with Gasteiger partial charge in [-0.2, -0.15) is 0 Å². The van der Waals surface area contributed by atoms with E-state index in [0.717, 1.165) is 77.0 Å². The Hall–Kier alpha value is -1.66. The van der Waals surface area contributed by atoms with Crippen LogP contribution in [0, 0.1) is 0 Å². The number of rotatable bonds is 52. The van der Waals surface area contributed by atoms with Crippen LogP contribution < -0.4 is 5.32 Å². The van der Waals surface area contributed by atoms with Gasteiger partial charge in [-0.1, -0.05) is 250 Å². The van der Waals surface area contributed by atoms with Crippen molar-refractivity contribution in [2.75, 3.05) is 13.2 Å². The van der Waals surface area contributed by atoms with Gasteiger partial charge in [0.1, 0.15) is 0 Å². The summed E-state index contributed by atoms with van der Waals surface area (Å²) in [6, 6.07) is -0.646. The molecule has 0 spiro atoms. The highest BCUT2D eigenvalue weighted by Crippen LogP contribution is 2.17. The Morgan fingerprint density at radius 1 is 0.429 bits per heavy atom. The summed E-state index contributed by atoms with van der Waals surface area (Å²) in [6.07, 6.45) is 63.3. The summed E-state index contributed by atoms with van der Waals surface area (Å²) in [5.74, 6) is -0.113. The summed E-state index contributed by atoms with van der Waals surface area (Å²) >= 11 is 0. The Kier molecular flexibility index (Phi) is 51.6. The van der Waals surface area contributed by atoms with Crippen molar-refractivity contribution in [3.05, 3.63) is 24.3 Å². The van der Waals surface area contributed by atoms with E-state index >= 15 is 0 Å². The lowest BCUT2D eigenvalue weighted by Crippen LogP contribution is -2.45. The second kappa shape index (κ2) is 53.0. The van der Waals surface area contributed by atoms with Crippen LogP contribution in [-0.4, -0.2) is 47.4 Å². The second-order valence-corrected chi connectivity index (χ2v) is 19.3. The fourth-order valence-electron chi connectivity index (χ4n) is 8.63. The molecular weight excluding hydrogens is 779 g/mol. The molecule has 0 aliphatic carbocycles. The Morgan fingerprint density at radius 2 is 0.746 bits per heavy atom. The first kappa shape index (κ1) is 61.3. The number of carbonyl (C=O) groups excluding carboxylic acids is 2. The van der Waals surface area contributed by atoms with E-state index in [0.29, 0.717) is 19.4 Å². The quantitative estimate of drug-likeness (QED) is 0.0321. The summed E-state index contributed by atoms with van der Waals surface area (Å²) in [4.78, 5) is 24.5. The molecule has 3 N–H and O–H groups in total. The molecule has 0 aromatic heterocycles. The molecule has 0 aliphatic rings. The lowest BCUT2D eigenvalue weighted by molar-refractivity contribution is -0.143. The normalized spacial score (nSPS) is 12.8. The Labute approximate surface area is 392 Å². The number of hydrogen-bond donors (Lipinski definition) is 3. The highest BCUT2D eigenvalue weighted by Gasteiger charge is 2.18. The summed E-state index contributed by atoms with van der Waals surface area (Å²) in [7, 11) is 0. The van der Waals surface area contributed by atoms with Gasteiger partial charge in [-0.3, -0.25) is 9.59 Å². The highest BCUT2D eigenvalue weighted by atomic mass is 16.5. The van der Waals surface area contributed by atoms with Crippen LogP contribution in [0.5, 0.6) is 0 Å². The zero-order valence-electron chi connectivity index (χ0n) is 42.3. The maximum atomic E-state index is 12.5. The molecule has 0 aliphatic heterocycles. The Bertz CT molecular complexity index is 982. The van der Waals surface area contributed by atoms with Gasteiger partial charge in [-0.15, -0.1) is 0 Å². The molecule has 6 nitrogen and oxygen atoms in total. The zero-order chi connectivity index (χ0) is 45.8. The number of aliphatic hydroxyl groups excluding tert-OH is 2. The molecule has 63 heavy (non-hydrogen) atoms. The first-order chi connectivity index (χ1) is 31.0. The van der Waals surface area contributed by atoms with Crippen molar-refractivity contribution >= 4 is 11.9 Å². The number of esters is 1. The van der Waals surface area contributed by atoms with E-state index in [1.54, 1.807) is 6.08 Å². The molecule has 0 saturated carbocycles. The lowest BCUT2D eigenvalue weighted by Gasteiger charge is -2.20. The van der Waals surface area contributed by atoms with Gasteiger partial charge in [0, 0.05) is 12.8 Å². The number of unbranched alkanes of at least 4 members (excludes halogenated alkanes) is 39. The van der Waals surface area contributed by atoms with Crippen LogP contribution in [-0.2, 0) is 14.3 Å². The third-order valence-electron chi connectivity index (χ3n) is 13.0. The second-order valence-electron chi connectivity index (χ2n) is 19.3. The van der Waals surface area contributed by atoms with Gasteiger partial charge in [0.05, 0.1) is 25.4 Å². The van der Waals surface area contributed by atoms with Crippen LogP contribution in [0.4, 0.5) is 0 Å². The summed E-state index contributed by atoms with van der Waals surface area (Å²) in [6.45, 7) is 4.86. The fraction of sp³-hybridized carbons (Fsp3) is 0.895. The molecule has 0 aromatic rings. The number of hydrogen-bond acceptors (Lipinski definition) is 5. The molecule has 0 saturated heterocycles. The van der Waals surface area contributed by atoms with Crippen LogP contribution in [0.2, 0.25) is 0 Å². The standard InChI is InChI=1S/C57H109NO5/c1-3-5-7-9-11-13-15-17-19-20-21-22-24-25-29-33-37-41-45-49-55(60)54(53-59)58-56(61)50-46-42-38-34-30-27-28-32-36-40-44-48-52-63-57(62)51-47-43-39-35-31-26-23-18-16-14-12-10-8-6-4-2/h28,32,45,49,54-55,59-60H,3-27,29-31,33-44,46-48,50-53H2,1-2H3,(H,58,61)/b32-28-,49-45+. The Morgan fingerprint density at radius 3 is 1.13 bits per heavy atom. The summed E-state index contributed by atoms with van der Waals surface area (Å²) in [5.41, 5.74) is 0. The maximum absolute atomic E-state index is 12.5. The minimum atomic E-state index is -0.860. The molecule has 2 unspecified atom stereocenters. The zero-order valence-corrected chi connectivity index (χ0v) is 42.3. The molecular formula is C57H109NO5. The van der Waals surface area contributed by atoms with E-state index in [9.17, 15) is 19.8 Å². The Balaban J connectivity index is 3.53. The number of ether oxygens (including phenoxy) is 1. The number of amides is 1. The van der Waals surface area contributed by atoms with E-state index in [1.807, 2.05) is 6.08 Å². The third-order valence-corrected chi connectivity index (χ3v) is 13.0. The van der Waals surface area contributed by atoms with Crippen molar-refractivity contribution in [2.24, 2.45) is 0 Å². The van der Waals surface area contributed by atoms with Crippen LogP contribution in [0.15, 0.2) is 24.3 Å². The molecule has 372 valence electrons. The van der Waals surface area contributed by atoms with Crippen molar-refractivity contribution in [2.45, 2.75) is 315 Å². The van der Waals surface area contributed by atoms with Crippen LogP contribution in [0.1, 0.15) is 303 Å². The SMILES string of the molecule is CCCCCCCCCCCCCCCCCCC/C=C/C(O)C(CO)NC(=O)CCCCCCC/C=C\CCCCCOC(=O)CCCCCCCCCCCCCCCCC. The van der Waals surface area contributed by atoms with E-state index < -0.39 is 12.1 Å². The fourth-order valence-corrected chi connectivity index (χ4v) is 8.63. The minimum Gasteiger partial charge on any atom is -0.466 e. The van der Waals surface area contributed by atoms with Crippen LogP contribution >= 0.6 is 0 Å². The van der Waals surface area contributed by atoms with E-state index in [2.05, 4.69) is 31.3 Å². The van der Waals surface area contributed by atoms with Gasteiger partial charge in [0.25, 0.3) is 0 Å². The van der Waals surface area contributed by atoms with Crippen molar-refractivity contribution in [3.8, 4) is 0 Å². The predicted octanol–water partition coefficient (Wildman–Crippen LogP) is 17.1. The lowest BCUT2D eigenvalue weighted by atomic mass is 10.0. The number of allylic oxidation sites excluding steroid dienone is 3. The predicted molar refractivity (Wildman–Crippen MR) is 273 cm³/mol. The molecule has 0 radical (unpaired) electrons. The van der Waals surface area contributed by atoms with Gasteiger partial charge in [0.2, 0.25) is 5.91 Å². The molecule has 0 rings (SSSR count). The highest BCUT2D eigenvalue weighted by molar-refractivity contribution is 5.76. The van der Waals surface area contributed by atoms with Gasteiger partial charge in [-0.25, -0.2) is 0 Å². The number of aliphatic hydroxyl groups is 2.